The first-order valence-electron chi connectivity index (χ1n) is 5.59. The molecule has 3 N–H and O–H groups in total. The summed E-state index contributed by atoms with van der Waals surface area (Å²) in [6.07, 6.45) is 2.02. The van der Waals surface area contributed by atoms with Crippen LogP contribution in [-0.4, -0.2) is 34.6 Å². The highest BCUT2D eigenvalue weighted by Crippen LogP contribution is 2.21. The number of nitrogens with zero attached hydrogens (tertiary/aromatic N) is 4. The van der Waals surface area contributed by atoms with Crippen LogP contribution in [0.25, 0.3) is 10.9 Å². The molecule has 0 aliphatic rings. The summed E-state index contributed by atoms with van der Waals surface area (Å²) < 4.78 is 0. The third-order valence-electron chi connectivity index (χ3n) is 2.72. The van der Waals surface area contributed by atoms with E-state index in [1.165, 1.54) is 6.33 Å². The molecule has 0 unspecified atom stereocenters. The Morgan fingerprint density at radius 3 is 2.94 bits per heavy atom. The van der Waals surface area contributed by atoms with Crippen molar-refractivity contribution in [2.45, 2.75) is 6.42 Å². The van der Waals surface area contributed by atoms with Crippen LogP contribution in [0.2, 0.25) is 0 Å². The molecular weight excluding hydrogens is 230 g/mol. The number of para-hydroxylation sites is 1. The van der Waals surface area contributed by atoms with Gasteiger partial charge in [0, 0.05) is 25.4 Å². The van der Waals surface area contributed by atoms with Gasteiger partial charge in [0.25, 0.3) is 0 Å². The molecule has 2 aromatic rings. The average Bonchev–Trinajstić information content (AvgIpc) is 2.43. The molecule has 0 aliphatic heterocycles. The molecule has 0 spiro atoms. The van der Waals surface area contributed by atoms with Crippen molar-refractivity contribution in [3.8, 4) is 0 Å². The molecule has 0 fully saturated rings. The van der Waals surface area contributed by atoms with Gasteiger partial charge in [0.2, 0.25) is 0 Å². The van der Waals surface area contributed by atoms with Gasteiger partial charge in [-0.1, -0.05) is 17.3 Å². The molecule has 0 atom stereocenters. The predicted molar refractivity (Wildman–Crippen MR) is 70.8 cm³/mol. The zero-order valence-corrected chi connectivity index (χ0v) is 10.1. The molecule has 0 radical (unpaired) electrons. The van der Waals surface area contributed by atoms with Crippen molar-refractivity contribution in [1.82, 2.24) is 9.97 Å². The second-order valence-corrected chi connectivity index (χ2v) is 3.98. The first kappa shape index (κ1) is 12.1. The van der Waals surface area contributed by atoms with Gasteiger partial charge in [-0.05, 0) is 12.1 Å². The summed E-state index contributed by atoms with van der Waals surface area (Å²) in [6, 6.07) is 7.81. The molecule has 2 rings (SSSR count). The van der Waals surface area contributed by atoms with Crippen molar-refractivity contribution in [2.24, 2.45) is 10.9 Å². The number of anilines is 1. The van der Waals surface area contributed by atoms with Crippen molar-refractivity contribution >= 4 is 22.6 Å². The second kappa shape index (κ2) is 5.31. The summed E-state index contributed by atoms with van der Waals surface area (Å²) in [5.41, 5.74) is 6.35. The van der Waals surface area contributed by atoms with E-state index in [0.29, 0.717) is 13.0 Å². The van der Waals surface area contributed by atoms with Crippen molar-refractivity contribution in [3.05, 3.63) is 30.6 Å². The normalized spacial score (nSPS) is 11.7. The van der Waals surface area contributed by atoms with Crippen LogP contribution in [0.5, 0.6) is 0 Å². The Morgan fingerprint density at radius 2 is 2.17 bits per heavy atom. The molecule has 94 valence electrons. The highest BCUT2D eigenvalue weighted by Gasteiger charge is 2.08. The molecule has 6 nitrogen and oxygen atoms in total. The molecule has 18 heavy (non-hydrogen) atoms. The summed E-state index contributed by atoms with van der Waals surface area (Å²) >= 11 is 0. The maximum Gasteiger partial charge on any atom is 0.140 e. The van der Waals surface area contributed by atoms with Gasteiger partial charge in [0.05, 0.1) is 5.52 Å². The fourth-order valence-corrected chi connectivity index (χ4v) is 1.73. The number of fused-ring (bicyclic) bond motifs is 1. The van der Waals surface area contributed by atoms with Crippen LogP contribution in [-0.2, 0) is 0 Å². The number of nitrogens with two attached hydrogens (primary N) is 1. The van der Waals surface area contributed by atoms with Crippen molar-refractivity contribution in [2.75, 3.05) is 18.5 Å². The molecule has 0 amide bonds. The Hall–Kier alpha value is -2.37. The van der Waals surface area contributed by atoms with E-state index in [1.807, 2.05) is 36.2 Å². The van der Waals surface area contributed by atoms with E-state index in [1.54, 1.807) is 0 Å². The van der Waals surface area contributed by atoms with Crippen LogP contribution >= 0.6 is 0 Å². The maximum absolute atomic E-state index is 8.51. The third-order valence-corrected chi connectivity index (χ3v) is 2.72. The lowest BCUT2D eigenvalue weighted by molar-refractivity contribution is 0.317. The van der Waals surface area contributed by atoms with Crippen molar-refractivity contribution < 1.29 is 5.21 Å². The van der Waals surface area contributed by atoms with Gasteiger partial charge in [-0.15, -0.1) is 0 Å². The Labute approximate surface area is 105 Å². The Bertz CT molecular complexity index is 564. The zero-order chi connectivity index (χ0) is 13.0. The maximum atomic E-state index is 8.51. The summed E-state index contributed by atoms with van der Waals surface area (Å²) in [7, 11) is 1.92. The van der Waals surface area contributed by atoms with Crippen LogP contribution in [0.4, 0.5) is 5.82 Å². The number of amidine groups is 1. The number of rotatable bonds is 4. The molecule has 0 saturated heterocycles. The second-order valence-electron chi connectivity index (χ2n) is 3.98. The minimum atomic E-state index is 0.209. The summed E-state index contributed by atoms with van der Waals surface area (Å²) in [5, 5.41) is 12.4. The summed E-state index contributed by atoms with van der Waals surface area (Å²) in [6.45, 7) is 0.622. The number of hydrogen-bond acceptors (Lipinski definition) is 5. The van der Waals surface area contributed by atoms with Gasteiger partial charge >= 0.3 is 0 Å². The zero-order valence-electron chi connectivity index (χ0n) is 10.1. The molecule has 0 bridgehead atoms. The smallest absolute Gasteiger partial charge is 0.140 e. The third kappa shape index (κ3) is 2.48. The van der Waals surface area contributed by atoms with E-state index in [2.05, 4.69) is 15.1 Å². The predicted octanol–water partition coefficient (Wildman–Crippen LogP) is 1.20. The SMILES string of the molecule is CN(CC/C(N)=N/O)c1ncnc2ccccc12. The molecule has 1 aromatic heterocycles. The lowest BCUT2D eigenvalue weighted by Crippen LogP contribution is -2.25. The monoisotopic (exact) mass is 245 g/mol. The van der Waals surface area contributed by atoms with Crippen LogP contribution in [0.15, 0.2) is 35.7 Å². The quantitative estimate of drug-likeness (QED) is 0.366. The Morgan fingerprint density at radius 1 is 1.39 bits per heavy atom. The number of aromatic nitrogens is 2. The summed E-state index contributed by atoms with van der Waals surface area (Å²) in [5.74, 6) is 1.05. The molecule has 0 saturated carbocycles. The number of hydrogen-bond donors (Lipinski definition) is 2. The average molecular weight is 245 g/mol. The van der Waals surface area contributed by atoms with Crippen LogP contribution in [0.3, 0.4) is 0 Å². The number of oxime groups is 1. The molecule has 0 aliphatic carbocycles. The minimum Gasteiger partial charge on any atom is -0.409 e. The topological polar surface area (TPSA) is 87.6 Å². The highest BCUT2D eigenvalue weighted by molar-refractivity contribution is 5.89. The Kier molecular flexibility index (Phi) is 3.57. The fourth-order valence-electron chi connectivity index (χ4n) is 1.73. The molecular formula is C12H15N5O. The molecule has 6 heteroatoms. The molecule has 1 aromatic carbocycles. The van der Waals surface area contributed by atoms with E-state index in [9.17, 15) is 0 Å². The lowest BCUT2D eigenvalue weighted by atomic mass is 10.2. The summed E-state index contributed by atoms with van der Waals surface area (Å²) in [4.78, 5) is 10.5. The van der Waals surface area contributed by atoms with Gasteiger partial charge in [-0.25, -0.2) is 9.97 Å². The van der Waals surface area contributed by atoms with E-state index in [0.717, 1.165) is 16.7 Å². The lowest BCUT2D eigenvalue weighted by Gasteiger charge is -2.18. The van der Waals surface area contributed by atoms with E-state index in [4.69, 9.17) is 10.9 Å². The van der Waals surface area contributed by atoms with Crippen molar-refractivity contribution in [3.63, 3.8) is 0 Å². The van der Waals surface area contributed by atoms with E-state index in [-0.39, 0.29) is 5.84 Å². The van der Waals surface area contributed by atoms with Gasteiger partial charge in [-0.3, -0.25) is 0 Å². The molecule has 1 heterocycles. The van der Waals surface area contributed by atoms with Gasteiger partial charge in [0.1, 0.15) is 18.0 Å². The van der Waals surface area contributed by atoms with Crippen LogP contribution in [0.1, 0.15) is 6.42 Å². The van der Waals surface area contributed by atoms with Crippen LogP contribution < -0.4 is 10.6 Å². The minimum absolute atomic E-state index is 0.209. The van der Waals surface area contributed by atoms with Crippen molar-refractivity contribution in [1.29, 1.82) is 0 Å². The fraction of sp³-hybridized carbons (Fsp3) is 0.250. The number of benzene rings is 1. The van der Waals surface area contributed by atoms with E-state index >= 15 is 0 Å². The van der Waals surface area contributed by atoms with Crippen LogP contribution in [0, 0.1) is 0 Å². The van der Waals surface area contributed by atoms with Gasteiger partial charge in [0.15, 0.2) is 0 Å². The Balaban J connectivity index is 2.25. The first-order chi connectivity index (χ1) is 8.72. The van der Waals surface area contributed by atoms with E-state index < -0.39 is 0 Å². The largest absolute Gasteiger partial charge is 0.409 e. The standard InChI is InChI=1S/C12H15N5O/c1-17(7-6-11(13)16-18)12-9-4-2-3-5-10(9)14-8-15-12/h2-5,8,18H,6-7H2,1H3,(H2,13,16). The van der Waals surface area contributed by atoms with Gasteiger partial charge < -0.3 is 15.8 Å². The highest BCUT2D eigenvalue weighted by atomic mass is 16.4. The van der Waals surface area contributed by atoms with Gasteiger partial charge in [-0.2, -0.15) is 0 Å². The first-order valence-corrected chi connectivity index (χ1v) is 5.59.